The first-order chi connectivity index (χ1) is 25.1. The molecule has 0 aliphatic heterocycles. The molecule has 300 valence electrons. The lowest BCUT2D eigenvalue weighted by molar-refractivity contribution is -0.151. The maximum absolute atomic E-state index is 12.9. The highest BCUT2D eigenvalue weighted by molar-refractivity contribution is 5.69. The van der Waals surface area contributed by atoms with Gasteiger partial charge in [-0.05, 0) is 129 Å². The summed E-state index contributed by atoms with van der Waals surface area (Å²) in [6, 6.07) is 0. The number of carbonyl (C=O) groups excluding carboxylic acids is 1. The average molecular weight is 721 g/mol. The SMILES string of the molecule is CCCCCCCC/C=C/CCCCCCCCCCCC(=O)OC1CCC2(C)C(=CCC3C2CCC2(C)C(C(C)CCC(C)C(C)C)CCC32)C1. The van der Waals surface area contributed by atoms with Crippen LogP contribution in [0.4, 0.5) is 0 Å². The van der Waals surface area contributed by atoms with Crippen molar-refractivity contribution in [1.29, 1.82) is 0 Å². The monoisotopic (exact) mass is 721 g/mol. The summed E-state index contributed by atoms with van der Waals surface area (Å²) < 4.78 is 6.15. The van der Waals surface area contributed by atoms with Crippen LogP contribution in [-0.2, 0) is 9.53 Å². The molecule has 9 atom stereocenters. The minimum Gasteiger partial charge on any atom is -0.462 e. The van der Waals surface area contributed by atoms with E-state index in [1.165, 1.54) is 154 Å². The lowest BCUT2D eigenvalue weighted by Gasteiger charge is -2.58. The Morgan fingerprint density at radius 2 is 1.37 bits per heavy atom. The van der Waals surface area contributed by atoms with Crippen LogP contribution < -0.4 is 0 Å². The summed E-state index contributed by atoms with van der Waals surface area (Å²) in [5, 5.41) is 0. The number of unbranched alkanes of at least 4 members (excludes halogenated alkanes) is 15. The molecule has 4 rings (SSSR count). The summed E-state index contributed by atoms with van der Waals surface area (Å²) in [5.41, 5.74) is 2.51. The third-order valence-electron chi connectivity index (χ3n) is 16.0. The van der Waals surface area contributed by atoms with Crippen LogP contribution in [0.1, 0.15) is 228 Å². The van der Waals surface area contributed by atoms with E-state index in [-0.39, 0.29) is 12.1 Å². The van der Waals surface area contributed by atoms with Gasteiger partial charge in [0.2, 0.25) is 0 Å². The number of ether oxygens (including phenoxy) is 1. The van der Waals surface area contributed by atoms with Crippen molar-refractivity contribution in [3.05, 3.63) is 23.8 Å². The molecule has 0 aromatic carbocycles. The Morgan fingerprint density at radius 3 is 2.00 bits per heavy atom. The minimum atomic E-state index is 0.0613. The van der Waals surface area contributed by atoms with E-state index >= 15 is 0 Å². The maximum atomic E-state index is 12.9. The average Bonchev–Trinajstić information content (AvgIpc) is 3.48. The van der Waals surface area contributed by atoms with Crippen LogP contribution in [0.2, 0.25) is 0 Å². The number of rotatable bonds is 25. The molecule has 0 aromatic heterocycles. The minimum absolute atomic E-state index is 0.0613. The molecular weight excluding hydrogens is 633 g/mol. The largest absolute Gasteiger partial charge is 0.462 e. The lowest BCUT2D eigenvalue weighted by Crippen LogP contribution is -2.51. The fourth-order valence-electron chi connectivity index (χ4n) is 12.1. The van der Waals surface area contributed by atoms with Gasteiger partial charge in [0.05, 0.1) is 0 Å². The molecule has 0 bridgehead atoms. The summed E-state index contributed by atoms with van der Waals surface area (Å²) in [5.74, 6) is 6.09. The highest BCUT2D eigenvalue weighted by Crippen LogP contribution is 2.67. The van der Waals surface area contributed by atoms with Crippen molar-refractivity contribution >= 4 is 5.97 Å². The summed E-state index contributed by atoms with van der Waals surface area (Å²) in [6.07, 6.45) is 43.9. The molecule has 2 heteroatoms. The van der Waals surface area contributed by atoms with Crippen molar-refractivity contribution < 1.29 is 9.53 Å². The van der Waals surface area contributed by atoms with Gasteiger partial charge in [-0.2, -0.15) is 0 Å². The molecule has 0 radical (unpaired) electrons. The van der Waals surface area contributed by atoms with E-state index < -0.39 is 0 Å². The highest BCUT2D eigenvalue weighted by atomic mass is 16.5. The third-order valence-corrected chi connectivity index (χ3v) is 16.0. The zero-order valence-corrected chi connectivity index (χ0v) is 36.0. The Kier molecular flexibility index (Phi) is 18.9. The van der Waals surface area contributed by atoms with E-state index in [1.54, 1.807) is 5.57 Å². The normalized spacial score (nSPS) is 31.2. The zero-order chi connectivity index (χ0) is 37.4. The van der Waals surface area contributed by atoms with Gasteiger partial charge in [0.25, 0.3) is 0 Å². The smallest absolute Gasteiger partial charge is 0.306 e. The van der Waals surface area contributed by atoms with E-state index in [1.807, 2.05) is 0 Å². The Morgan fingerprint density at radius 1 is 0.750 bits per heavy atom. The van der Waals surface area contributed by atoms with E-state index in [9.17, 15) is 4.79 Å². The number of hydrogen-bond donors (Lipinski definition) is 0. The number of fused-ring (bicyclic) bond motifs is 5. The molecule has 0 saturated heterocycles. The molecule has 3 fully saturated rings. The lowest BCUT2D eigenvalue weighted by atomic mass is 9.47. The fraction of sp³-hybridized carbons (Fsp3) is 0.900. The molecule has 4 aliphatic rings. The maximum Gasteiger partial charge on any atom is 0.306 e. The zero-order valence-electron chi connectivity index (χ0n) is 36.0. The van der Waals surface area contributed by atoms with Crippen molar-refractivity contribution in [2.24, 2.45) is 52.3 Å². The van der Waals surface area contributed by atoms with Gasteiger partial charge < -0.3 is 4.74 Å². The summed E-state index contributed by atoms with van der Waals surface area (Å²) in [7, 11) is 0. The standard InChI is InChI=1S/C50H88O2/c1-8-9-10-11-12-13-14-15-16-17-18-19-20-21-22-23-24-25-26-27-48(51)52-43-34-36-49(6)42(38-43)30-31-44-46-33-32-45(50(46,7)37-35-47(44)49)41(5)29-28-40(4)39(2)3/h15-16,30,39-41,43-47H,8-14,17-29,31-38H2,1-7H3/b16-15+. The Labute approximate surface area is 324 Å². The predicted octanol–water partition coefficient (Wildman–Crippen LogP) is 15.8. The molecule has 0 amide bonds. The number of allylic oxidation sites excluding steroid dienone is 3. The van der Waals surface area contributed by atoms with Crippen LogP contribution in [-0.4, -0.2) is 12.1 Å². The first-order valence-corrected chi connectivity index (χ1v) is 23.6. The second-order valence-corrected chi connectivity index (χ2v) is 19.9. The molecule has 9 unspecified atom stereocenters. The first-order valence-electron chi connectivity index (χ1n) is 23.6. The molecule has 0 aromatic rings. The van der Waals surface area contributed by atoms with Crippen LogP contribution in [0, 0.1) is 52.3 Å². The molecule has 52 heavy (non-hydrogen) atoms. The second kappa shape index (κ2) is 22.5. The molecule has 3 saturated carbocycles. The van der Waals surface area contributed by atoms with Crippen molar-refractivity contribution in [2.75, 3.05) is 0 Å². The van der Waals surface area contributed by atoms with E-state index in [0.29, 0.717) is 17.3 Å². The number of esters is 1. The van der Waals surface area contributed by atoms with Crippen LogP contribution in [0.3, 0.4) is 0 Å². The van der Waals surface area contributed by atoms with Crippen LogP contribution >= 0.6 is 0 Å². The van der Waals surface area contributed by atoms with E-state index in [2.05, 4.69) is 66.7 Å². The van der Waals surface area contributed by atoms with Crippen LogP contribution in [0.15, 0.2) is 23.8 Å². The molecule has 4 aliphatic carbocycles. The topological polar surface area (TPSA) is 26.3 Å². The summed E-state index contributed by atoms with van der Waals surface area (Å²) in [4.78, 5) is 12.9. The second-order valence-electron chi connectivity index (χ2n) is 19.9. The predicted molar refractivity (Wildman–Crippen MR) is 225 cm³/mol. The fourth-order valence-corrected chi connectivity index (χ4v) is 12.1. The quantitative estimate of drug-likeness (QED) is 0.0533. The van der Waals surface area contributed by atoms with Gasteiger partial charge in [-0.1, -0.05) is 162 Å². The number of carbonyl (C=O) groups is 1. The Balaban J connectivity index is 1.05. The van der Waals surface area contributed by atoms with E-state index in [4.69, 9.17) is 4.74 Å². The van der Waals surface area contributed by atoms with Gasteiger partial charge in [0, 0.05) is 12.8 Å². The van der Waals surface area contributed by atoms with Crippen LogP contribution in [0.25, 0.3) is 0 Å². The van der Waals surface area contributed by atoms with Crippen molar-refractivity contribution in [3.63, 3.8) is 0 Å². The summed E-state index contributed by atoms with van der Waals surface area (Å²) in [6.45, 7) is 17.5. The van der Waals surface area contributed by atoms with E-state index in [0.717, 1.165) is 60.7 Å². The van der Waals surface area contributed by atoms with Gasteiger partial charge in [0.15, 0.2) is 0 Å². The van der Waals surface area contributed by atoms with Gasteiger partial charge in [-0.3, -0.25) is 4.79 Å². The Hall–Kier alpha value is -1.05. The third kappa shape index (κ3) is 12.5. The van der Waals surface area contributed by atoms with Gasteiger partial charge >= 0.3 is 5.97 Å². The molecule has 0 heterocycles. The molecule has 0 N–H and O–H groups in total. The first kappa shape index (κ1) is 43.7. The van der Waals surface area contributed by atoms with Crippen molar-refractivity contribution in [3.8, 4) is 0 Å². The van der Waals surface area contributed by atoms with Gasteiger partial charge in [-0.25, -0.2) is 0 Å². The van der Waals surface area contributed by atoms with Crippen molar-refractivity contribution in [1.82, 2.24) is 0 Å². The highest BCUT2D eigenvalue weighted by Gasteiger charge is 2.59. The molecule has 0 spiro atoms. The Bertz CT molecular complexity index is 1070. The van der Waals surface area contributed by atoms with Gasteiger partial charge in [0.1, 0.15) is 6.10 Å². The van der Waals surface area contributed by atoms with Gasteiger partial charge in [-0.15, -0.1) is 0 Å². The molecular formula is C50H88O2. The molecule has 2 nitrogen and oxygen atoms in total. The van der Waals surface area contributed by atoms with Crippen LogP contribution in [0.5, 0.6) is 0 Å². The van der Waals surface area contributed by atoms with Crippen molar-refractivity contribution in [2.45, 2.75) is 234 Å². The number of hydrogen-bond acceptors (Lipinski definition) is 2. The summed E-state index contributed by atoms with van der Waals surface area (Å²) >= 11 is 0.